The zero-order valence-corrected chi connectivity index (χ0v) is 18.2. The van der Waals surface area contributed by atoms with Crippen LogP contribution >= 0.6 is 34.5 Å². The fraction of sp³-hybridized carbons (Fsp3) is 0.136. The first kappa shape index (κ1) is 20.6. The number of ether oxygens (including phenoxy) is 1. The van der Waals surface area contributed by atoms with E-state index in [1.807, 2.05) is 30.3 Å². The van der Waals surface area contributed by atoms with Gasteiger partial charge in [0.1, 0.15) is 6.54 Å². The highest BCUT2D eigenvalue weighted by Crippen LogP contribution is 2.32. The minimum atomic E-state index is -0.451. The molecule has 0 aliphatic heterocycles. The van der Waals surface area contributed by atoms with Crippen LogP contribution in [0.5, 0.6) is 0 Å². The van der Waals surface area contributed by atoms with Crippen LogP contribution in [0.2, 0.25) is 10.0 Å². The van der Waals surface area contributed by atoms with E-state index in [0.717, 1.165) is 15.5 Å². The van der Waals surface area contributed by atoms with Gasteiger partial charge in [0.25, 0.3) is 5.91 Å². The van der Waals surface area contributed by atoms with Gasteiger partial charge in [0.2, 0.25) is 0 Å². The number of aromatic nitrogens is 1. The van der Waals surface area contributed by atoms with Crippen molar-refractivity contribution in [2.75, 3.05) is 6.61 Å². The molecule has 0 aliphatic rings. The van der Waals surface area contributed by atoms with E-state index < -0.39 is 11.9 Å². The van der Waals surface area contributed by atoms with Gasteiger partial charge in [-0.25, -0.2) is 0 Å². The van der Waals surface area contributed by atoms with Gasteiger partial charge in [-0.2, -0.15) is 4.99 Å². The molecular formula is C22H16Cl2N2O3S. The Morgan fingerprint density at radius 1 is 1.07 bits per heavy atom. The van der Waals surface area contributed by atoms with Crippen LogP contribution in [-0.2, 0) is 16.1 Å². The summed E-state index contributed by atoms with van der Waals surface area (Å²) in [6.07, 6.45) is 0. The van der Waals surface area contributed by atoms with E-state index in [2.05, 4.69) is 4.99 Å². The molecule has 0 saturated heterocycles. The van der Waals surface area contributed by atoms with Gasteiger partial charge in [0.15, 0.2) is 4.80 Å². The monoisotopic (exact) mass is 458 g/mol. The summed E-state index contributed by atoms with van der Waals surface area (Å²) in [7, 11) is 0. The minimum absolute atomic E-state index is 0.127. The Balaban J connectivity index is 1.85. The second kappa shape index (κ2) is 8.60. The average Bonchev–Trinajstić information content (AvgIpc) is 3.08. The summed E-state index contributed by atoms with van der Waals surface area (Å²) in [6, 6.07) is 16.7. The van der Waals surface area contributed by atoms with Gasteiger partial charge in [0, 0.05) is 5.56 Å². The quantitative estimate of drug-likeness (QED) is 0.381. The van der Waals surface area contributed by atoms with Gasteiger partial charge in [-0.1, -0.05) is 64.9 Å². The van der Waals surface area contributed by atoms with Crippen molar-refractivity contribution in [2.24, 2.45) is 4.99 Å². The molecule has 1 aromatic heterocycles. The number of hydrogen-bond donors (Lipinski definition) is 0. The van der Waals surface area contributed by atoms with Crippen LogP contribution in [0.4, 0.5) is 0 Å². The molecule has 0 unspecified atom stereocenters. The molecule has 5 nitrogen and oxygen atoms in total. The lowest BCUT2D eigenvalue weighted by Crippen LogP contribution is -2.23. The lowest BCUT2D eigenvalue weighted by molar-refractivity contribution is -0.143. The van der Waals surface area contributed by atoms with Crippen LogP contribution in [0.15, 0.2) is 59.6 Å². The van der Waals surface area contributed by atoms with Gasteiger partial charge in [-0.05, 0) is 42.0 Å². The van der Waals surface area contributed by atoms with Crippen molar-refractivity contribution in [2.45, 2.75) is 13.5 Å². The standard InChI is InChI=1S/C22H16Cl2N2O3S/c1-2-29-18(27)12-26-20-17(10-9-16(23)19(20)24)30-22(26)25-21(28)15-8-7-13-5-3-4-6-14(13)11-15/h3-11H,2,12H2,1H3. The predicted molar refractivity (Wildman–Crippen MR) is 120 cm³/mol. The number of rotatable bonds is 4. The van der Waals surface area contributed by atoms with Crippen LogP contribution in [0, 0.1) is 0 Å². The number of halogens is 2. The average molecular weight is 459 g/mol. The Morgan fingerprint density at radius 2 is 1.83 bits per heavy atom. The van der Waals surface area contributed by atoms with Crippen LogP contribution in [-0.4, -0.2) is 23.1 Å². The highest BCUT2D eigenvalue weighted by molar-refractivity contribution is 7.16. The van der Waals surface area contributed by atoms with E-state index >= 15 is 0 Å². The number of benzene rings is 3. The lowest BCUT2D eigenvalue weighted by atomic mass is 10.1. The van der Waals surface area contributed by atoms with E-state index in [0.29, 0.717) is 25.9 Å². The predicted octanol–water partition coefficient (Wildman–Crippen LogP) is 5.47. The summed E-state index contributed by atoms with van der Waals surface area (Å²) in [5, 5.41) is 2.64. The second-order valence-electron chi connectivity index (χ2n) is 6.46. The summed E-state index contributed by atoms with van der Waals surface area (Å²) in [5.41, 5.74) is 1.00. The number of carbonyl (C=O) groups is 2. The van der Waals surface area contributed by atoms with Crippen LogP contribution < -0.4 is 4.80 Å². The lowest BCUT2D eigenvalue weighted by Gasteiger charge is -2.07. The van der Waals surface area contributed by atoms with E-state index in [4.69, 9.17) is 27.9 Å². The Bertz CT molecular complexity index is 1360. The van der Waals surface area contributed by atoms with Crippen molar-refractivity contribution in [1.29, 1.82) is 0 Å². The maximum absolute atomic E-state index is 12.9. The smallest absolute Gasteiger partial charge is 0.326 e. The van der Waals surface area contributed by atoms with Gasteiger partial charge in [0.05, 0.1) is 26.9 Å². The van der Waals surface area contributed by atoms with Crippen LogP contribution in [0.3, 0.4) is 0 Å². The number of hydrogen-bond acceptors (Lipinski definition) is 4. The molecule has 4 aromatic rings. The summed E-state index contributed by atoms with van der Waals surface area (Å²) < 4.78 is 7.41. The third-order valence-electron chi connectivity index (χ3n) is 4.52. The molecular weight excluding hydrogens is 443 g/mol. The first-order valence-electron chi connectivity index (χ1n) is 9.18. The Labute approximate surface area is 186 Å². The normalized spacial score (nSPS) is 11.9. The molecule has 0 spiro atoms. The van der Waals surface area contributed by atoms with E-state index in [1.54, 1.807) is 35.8 Å². The van der Waals surface area contributed by atoms with Gasteiger partial charge in [-0.3, -0.25) is 9.59 Å². The highest BCUT2D eigenvalue weighted by atomic mass is 35.5. The van der Waals surface area contributed by atoms with Crippen LogP contribution in [0.1, 0.15) is 17.3 Å². The molecule has 0 aliphatic carbocycles. The Hall–Kier alpha value is -2.67. The zero-order chi connectivity index (χ0) is 21.3. The summed E-state index contributed by atoms with van der Waals surface area (Å²) >= 11 is 13.8. The first-order valence-corrected chi connectivity index (χ1v) is 10.8. The van der Waals surface area contributed by atoms with Crippen molar-refractivity contribution in [3.05, 3.63) is 75.0 Å². The van der Waals surface area contributed by atoms with Crippen molar-refractivity contribution in [1.82, 2.24) is 4.57 Å². The number of fused-ring (bicyclic) bond motifs is 2. The molecule has 3 aromatic carbocycles. The molecule has 4 rings (SSSR count). The molecule has 0 N–H and O–H groups in total. The molecule has 0 radical (unpaired) electrons. The number of nitrogens with zero attached hydrogens (tertiary/aromatic N) is 2. The first-order chi connectivity index (χ1) is 14.5. The molecule has 0 saturated carbocycles. The number of amides is 1. The molecule has 0 bridgehead atoms. The molecule has 152 valence electrons. The van der Waals surface area contributed by atoms with E-state index in [-0.39, 0.29) is 13.2 Å². The zero-order valence-electron chi connectivity index (χ0n) is 15.9. The molecule has 30 heavy (non-hydrogen) atoms. The maximum Gasteiger partial charge on any atom is 0.326 e. The van der Waals surface area contributed by atoms with E-state index in [1.165, 1.54) is 11.3 Å². The Morgan fingerprint density at radius 3 is 2.60 bits per heavy atom. The molecule has 0 atom stereocenters. The highest BCUT2D eigenvalue weighted by Gasteiger charge is 2.17. The Kier molecular flexibility index (Phi) is 5.90. The van der Waals surface area contributed by atoms with E-state index in [9.17, 15) is 9.59 Å². The molecule has 0 fully saturated rings. The second-order valence-corrected chi connectivity index (χ2v) is 8.26. The largest absolute Gasteiger partial charge is 0.465 e. The number of esters is 1. The van der Waals surface area contributed by atoms with Crippen molar-refractivity contribution < 1.29 is 14.3 Å². The van der Waals surface area contributed by atoms with Gasteiger partial charge < -0.3 is 9.30 Å². The maximum atomic E-state index is 12.9. The van der Waals surface area contributed by atoms with Crippen molar-refractivity contribution in [3.8, 4) is 0 Å². The summed E-state index contributed by atoms with van der Waals surface area (Å²) in [6.45, 7) is 1.85. The topological polar surface area (TPSA) is 60.7 Å². The number of thiazole rings is 1. The van der Waals surface area contributed by atoms with Crippen molar-refractivity contribution >= 4 is 67.4 Å². The van der Waals surface area contributed by atoms with Gasteiger partial charge >= 0.3 is 5.97 Å². The van der Waals surface area contributed by atoms with Crippen molar-refractivity contribution in [3.63, 3.8) is 0 Å². The minimum Gasteiger partial charge on any atom is -0.465 e. The van der Waals surface area contributed by atoms with Crippen LogP contribution in [0.25, 0.3) is 21.0 Å². The number of carbonyl (C=O) groups excluding carboxylic acids is 2. The molecule has 1 amide bonds. The fourth-order valence-electron chi connectivity index (χ4n) is 3.14. The fourth-order valence-corrected chi connectivity index (χ4v) is 4.66. The van der Waals surface area contributed by atoms with Gasteiger partial charge in [-0.15, -0.1) is 0 Å². The summed E-state index contributed by atoms with van der Waals surface area (Å²) in [5.74, 6) is -0.861. The molecule has 1 heterocycles. The summed E-state index contributed by atoms with van der Waals surface area (Å²) in [4.78, 5) is 29.7. The third-order valence-corrected chi connectivity index (χ3v) is 6.36. The molecule has 8 heteroatoms. The third kappa shape index (κ3) is 3.99. The SMILES string of the molecule is CCOC(=O)Cn1c(=NC(=O)c2ccc3ccccc3c2)sc2ccc(Cl)c(Cl)c21.